The minimum absolute atomic E-state index is 0.172. The average Bonchev–Trinajstić information content (AvgIpc) is 2.87. The predicted molar refractivity (Wildman–Crippen MR) is 70.3 cm³/mol. The molecule has 0 saturated heterocycles. The van der Waals surface area contributed by atoms with E-state index in [9.17, 15) is 8.42 Å². The van der Waals surface area contributed by atoms with Gasteiger partial charge in [-0.2, -0.15) is 4.31 Å². The van der Waals surface area contributed by atoms with Crippen LogP contribution in [0, 0.1) is 13.8 Å². The molecule has 0 radical (unpaired) electrons. The second-order valence-electron chi connectivity index (χ2n) is 5.66. The second kappa shape index (κ2) is 4.59. The van der Waals surface area contributed by atoms with Gasteiger partial charge in [0.2, 0.25) is 10.0 Å². The zero-order valence-corrected chi connectivity index (χ0v) is 12.2. The van der Waals surface area contributed by atoms with Crippen LogP contribution in [0.25, 0.3) is 0 Å². The van der Waals surface area contributed by atoms with Crippen molar-refractivity contribution in [3.63, 3.8) is 0 Å². The molecule has 0 spiro atoms. The van der Waals surface area contributed by atoms with E-state index < -0.39 is 10.0 Å². The summed E-state index contributed by atoms with van der Waals surface area (Å²) in [6.45, 7) is 3.37. The SMILES string of the molecule is Cc1noc(C)c1S(=O)(=O)N(C1CCCC1)C1CC1. The molecule has 19 heavy (non-hydrogen) atoms. The highest BCUT2D eigenvalue weighted by Gasteiger charge is 2.45. The Morgan fingerprint density at radius 1 is 1.11 bits per heavy atom. The van der Waals surface area contributed by atoms with Crippen molar-refractivity contribution in [1.29, 1.82) is 0 Å². The first-order valence-electron chi connectivity index (χ1n) is 6.98. The van der Waals surface area contributed by atoms with Gasteiger partial charge in [-0.05, 0) is 39.5 Å². The number of hydrogen-bond acceptors (Lipinski definition) is 4. The third kappa shape index (κ3) is 2.21. The summed E-state index contributed by atoms with van der Waals surface area (Å²) < 4.78 is 32.7. The minimum Gasteiger partial charge on any atom is -0.360 e. The molecule has 0 unspecified atom stereocenters. The predicted octanol–water partition coefficient (Wildman–Crippen LogP) is 2.39. The molecule has 2 saturated carbocycles. The number of rotatable bonds is 4. The number of nitrogens with zero attached hydrogens (tertiary/aromatic N) is 2. The monoisotopic (exact) mass is 284 g/mol. The molecule has 0 aromatic carbocycles. The molecule has 0 amide bonds. The van der Waals surface area contributed by atoms with Crippen molar-refractivity contribution in [3.8, 4) is 0 Å². The molecule has 2 aliphatic rings. The van der Waals surface area contributed by atoms with Gasteiger partial charge in [0, 0.05) is 12.1 Å². The van der Waals surface area contributed by atoms with Crippen LogP contribution in [0.4, 0.5) is 0 Å². The quantitative estimate of drug-likeness (QED) is 0.851. The molecule has 6 heteroatoms. The third-order valence-electron chi connectivity index (χ3n) is 4.09. The Morgan fingerprint density at radius 3 is 2.16 bits per heavy atom. The molecule has 3 rings (SSSR count). The lowest BCUT2D eigenvalue weighted by Gasteiger charge is -2.27. The number of hydrogen-bond donors (Lipinski definition) is 0. The van der Waals surface area contributed by atoms with Gasteiger partial charge in [0.05, 0.1) is 0 Å². The standard InChI is InChI=1S/C13H20N2O3S/c1-9-13(10(2)18-14-9)19(16,17)15(12-7-8-12)11-5-3-4-6-11/h11-12H,3-8H2,1-2H3. The van der Waals surface area contributed by atoms with Crippen molar-refractivity contribution in [2.75, 3.05) is 0 Å². The van der Waals surface area contributed by atoms with Gasteiger partial charge in [0.1, 0.15) is 10.6 Å². The van der Waals surface area contributed by atoms with E-state index in [-0.39, 0.29) is 17.0 Å². The normalized spacial score (nSPS) is 21.4. The van der Waals surface area contributed by atoms with Crippen LogP contribution in [0.2, 0.25) is 0 Å². The maximum atomic E-state index is 12.9. The van der Waals surface area contributed by atoms with Crippen LogP contribution in [0.3, 0.4) is 0 Å². The van der Waals surface area contributed by atoms with E-state index in [1.807, 2.05) is 0 Å². The molecule has 2 aliphatic carbocycles. The summed E-state index contributed by atoms with van der Waals surface area (Å²) >= 11 is 0. The van der Waals surface area contributed by atoms with E-state index in [1.54, 1.807) is 18.2 Å². The lowest BCUT2D eigenvalue weighted by Crippen LogP contribution is -2.40. The molecule has 0 atom stereocenters. The highest BCUT2D eigenvalue weighted by atomic mass is 32.2. The number of aryl methyl sites for hydroxylation is 2. The smallest absolute Gasteiger partial charge is 0.248 e. The van der Waals surface area contributed by atoms with E-state index in [0.717, 1.165) is 38.5 Å². The van der Waals surface area contributed by atoms with Gasteiger partial charge < -0.3 is 4.52 Å². The Morgan fingerprint density at radius 2 is 1.68 bits per heavy atom. The first-order valence-corrected chi connectivity index (χ1v) is 8.42. The van der Waals surface area contributed by atoms with Crippen LogP contribution in [-0.2, 0) is 10.0 Å². The van der Waals surface area contributed by atoms with Gasteiger partial charge in [-0.15, -0.1) is 0 Å². The van der Waals surface area contributed by atoms with Crippen molar-refractivity contribution < 1.29 is 12.9 Å². The van der Waals surface area contributed by atoms with E-state index in [1.165, 1.54) is 0 Å². The van der Waals surface area contributed by atoms with Crippen LogP contribution in [-0.4, -0.2) is 30.0 Å². The zero-order valence-electron chi connectivity index (χ0n) is 11.4. The number of sulfonamides is 1. The maximum Gasteiger partial charge on any atom is 0.248 e. The number of aromatic nitrogens is 1. The first-order chi connectivity index (χ1) is 9.01. The molecule has 0 N–H and O–H groups in total. The van der Waals surface area contributed by atoms with Crippen LogP contribution in [0.5, 0.6) is 0 Å². The summed E-state index contributed by atoms with van der Waals surface area (Å²) in [4.78, 5) is 0.284. The van der Waals surface area contributed by atoms with Crippen LogP contribution in [0.1, 0.15) is 50.0 Å². The Kier molecular flexibility index (Phi) is 3.17. The van der Waals surface area contributed by atoms with Crippen LogP contribution in [0.15, 0.2) is 9.42 Å². The zero-order chi connectivity index (χ0) is 13.6. The van der Waals surface area contributed by atoms with Gasteiger partial charge in [-0.25, -0.2) is 8.42 Å². The largest absolute Gasteiger partial charge is 0.360 e. The van der Waals surface area contributed by atoms with Crippen molar-refractivity contribution in [2.45, 2.75) is 69.4 Å². The molecule has 0 bridgehead atoms. The molecule has 1 heterocycles. The average molecular weight is 284 g/mol. The van der Waals surface area contributed by atoms with Crippen molar-refractivity contribution >= 4 is 10.0 Å². The maximum absolute atomic E-state index is 12.9. The summed E-state index contributed by atoms with van der Waals surface area (Å²) in [5.41, 5.74) is 0.473. The lowest BCUT2D eigenvalue weighted by atomic mass is 10.2. The lowest BCUT2D eigenvalue weighted by molar-refractivity contribution is 0.313. The van der Waals surface area contributed by atoms with E-state index in [0.29, 0.717) is 11.5 Å². The summed E-state index contributed by atoms with van der Waals surface area (Å²) in [5, 5.41) is 3.79. The summed E-state index contributed by atoms with van der Waals surface area (Å²) in [7, 11) is -3.46. The minimum atomic E-state index is -3.46. The summed E-state index contributed by atoms with van der Waals surface area (Å²) in [6.07, 6.45) is 6.20. The third-order valence-corrected chi connectivity index (χ3v) is 6.34. The molecule has 0 aliphatic heterocycles. The van der Waals surface area contributed by atoms with E-state index in [2.05, 4.69) is 5.16 Å². The fraction of sp³-hybridized carbons (Fsp3) is 0.769. The van der Waals surface area contributed by atoms with Gasteiger partial charge in [0.15, 0.2) is 5.76 Å². The Labute approximate surface area is 114 Å². The molecular weight excluding hydrogens is 264 g/mol. The molecule has 1 aromatic heterocycles. The summed E-state index contributed by atoms with van der Waals surface area (Å²) in [6, 6.07) is 0.369. The highest BCUT2D eigenvalue weighted by molar-refractivity contribution is 7.89. The summed E-state index contributed by atoms with van der Waals surface area (Å²) in [5.74, 6) is 0.404. The van der Waals surface area contributed by atoms with Crippen molar-refractivity contribution in [3.05, 3.63) is 11.5 Å². The van der Waals surface area contributed by atoms with Gasteiger partial charge in [-0.1, -0.05) is 18.0 Å². The molecular formula is C13H20N2O3S. The van der Waals surface area contributed by atoms with Crippen LogP contribution < -0.4 is 0 Å². The van der Waals surface area contributed by atoms with E-state index >= 15 is 0 Å². The molecule has 5 nitrogen and oxygen atoms in total. The Balaban J connectivity index is 2.01. The van der Waals surface area contributed by atoms with Gasteiger partial charge in [-0.3, -0.25) is 0 Å². The first kappa shape index (κ1) is 13.1. The second-order valence-corrected chi connectivity index (χ2v) is 7.44. The Bertz CT molecular complexity index is 549. The van der Waals surface area contributed by atoms with Gasteiger partial charge in [0.25, 0.3) is 0 Å². The van der Waals surface area contributed by atoms with E-state index in [4.69, 9.17) is 4.52 Å². The molecule has 2 fully saturated rings. The molecule has 1 aromatic rings. The van der Waals surface area contributed by atoms with Crippen molar-refractivity contribution in [2.24, 2.45) is 0 Å². The van der Waals surface area contributed by atoms with Gasteiger partial charge >= 0.3 is 0 Å². The Hall–Kier alpha value is -0.880. The van der Waals surface area contributed by atoms with Crippen LogP contribution >= 0.6 is 0 Å². The highest BCUT2D eigenvalue weighted by Crippen LogP contribution is 2.39. The fourth-order valence-corrected chi connectivity index (χ4v) is 5.36. The fourth-order valence-electron chi connectivity index (χ4n) is 3.13. The topological polar surface area (TPSA) is 63.4 Å². The van der Waals surface area contributed by atoms with Crippen molar-refractivity contribution in [1.82, 2.24) is 9.46 Å². The molecule has 106 valence electrons.